The summed E-state index contributed by atoms with van der Waals surface area (Å²) in [6.07, 6.45) is 0.784. The van der Waals surface area contributed by atoms with Gasteiger partial charge >= 0.3 is 0 Å². The first-order valence-electron chi connectivity index (χ1n) is 8.36. The average Bonchev–Trinajstić information content (AvgIpc) is 3.00. The van der Waals surface area contributed by atoms with Gasteiger partial charge in [-0.2, -0.15) is 0 Å². The topological polar surface area (TPSA) is 79.4 Å². The van der Waals surface area contributed by atoms with Crippen LogP contribution in [0, 0.1) is 12.8 Å². The molecule has 142 valence electrons. The van der Waals surface area contributed by atoms with Crippen LogP contribution >= 0.6 is 11.3 Å². The standard InChI is InChI=1S/C18H25N3O3S2/c1-12(2)10-16(18-19-13(3)11-25-18)20-17(22)14-6-8-15(9-7-14)26(23,24)21(4)5/h6-9,11-12,16H,10H2,1-5H3,(H,20,22). The third kappa shape index (κ3) is 4.90. The monoisotopic (exact) mass is 395 g/mol. The second-order valence-corrected chi connectivity index (χ2v) is 9.84. The minimum atomic E-state index is -3.51. The van der Waals surface area contributed by atoms with Gasteiger partial charge in [0.1, 0.15) is 5.01 Å². The SMILES string of the molecule is Cc1csc(C(CC(C)C)NC(=O)c2ccc(S(=O)(=O)N(C)C)cc2)n1. The van der Waals surface area contributed by atoms with Crippen LogP contribution in [0.4, 0.5) is 0 Å². The van der Waals surface area contributed by atoms with E-state index in [1.807, 2.05) is 12.3 Å². The maximum atomic E-state index is 12.6. The maximum absolute atomic E-state index is 12.6. The molecule has 0 spiro atoms. The summed E-state index contributed by atoms with van der Waals surface area (Å²) >= 11 is 1.54. The Hall–Kier alpha value is -1.77. The molecule has 0 aliphatic rings. The van der Waals surface area contributed by atoms with E-state index in [1.165, 1.54) is 49.7 Å². The molecule has 0 saturated carbocycles. The Balaban J connectivity index is 2.19. The van der Waals surface area contributed by atoms with Crippen LogP contribution in [-0.2, 0) is 10.0 Å². The zero-order chi connectivity index (χ0) is 19.5. The molecule has 1 amide bonds. The van der Waals surface area contributed by atoms with Gasteiger partial charge in [-0.25, -0.2) is 17.7 Å². The number of carbonyl (C=O) groups excluding carboxylic acids is 1. The first kappa shape index (κ1) is 20.5. The van der Waals surface area contributed by atoms with Gasteiger partial charge in [0.15, 0.2) is 0 Å². The van der Waals surface area contributed by atoms with Crippen LogP contribution in [0.5, 0.6) is 0 Å². The van der Waals surface area contributed by atoms with Crippen LogP contribution in [0.3, 0.4) is 0 Å². The van der Waals surface area contributed by atoms with Gasteiger partial charge in [-0.3, -0.25) is 4.79 Å². The Kier molecular flexibility index (Phi) is 6.54. The molecule has 0 saturated heterocycles. The van der Waals surface area contributed by atoms with Crippen LogP contribution in [0.1, 0.15) is 47.4 Å². The fraction of sp³-hybridized carbons (Fsp3) is 0.444. The summed E-state index contributed by atoms with van der Waals surface area (Å²) in [6, 6.07) is 5.81. The van der Waals surface area contributed by atoms with Crippen LogP contribution in [0.15, 0.2) is 34.5 Å². The van der Waals surface area contributed by atoms with Crippen molar-refractivity contribution < 1.29 is 13.2 Å². The van der Waals surface area contributed by atoms with Crippen molar-refractivity contribution in [3.63, 3.8) is 0 Å². The first-order chi connectivity index (χ1) is 12.1. The molecule has 0 fully saturated rings. The van der Waals surface area contributed by atoms with E-state index in [1.54, 1.807) is 0 Å². The van der Waals surface area contributed by atoms with E-state index in [0.29, 0.717) is 11.5 Å². The molecule has 1 aromatic heterocycles. The smallest absolute Gasteiger partial charge is 0.251 e. The van der Waals surface area contributed by atoms with Crippen LogP contribution in [0.2, 0.25) is 0 Å². The number of hydrogen-bond donors (Lipinski definition) is 1. The van der Waals surface area contributed by atoms with Crippen molar-refractivity contribution in [1.29, 1.82) is 0 Å². The van der Waals surface area contributed by atoms with E-state index in [9.17, 15) is 13.2 Å². The van der Waals surface area contributed by atoms with E-state index in [0.717, 1.165) is 21.4 Å². The lowest BCUT2D eigenvalue weighted by molar-refractivity contribution is 0.0931. The number of benzene rings is 1. The second kappa shape index (κ2) is 8.28. The molecule has 1 atom stereocenters. The number of rotatable bonds is 7. The Bertz CT molecular complexity index is 856. The average molecular weight is 396 g/mol. The molecular formula is C18H25N3O3S2. The number of nitrogens with one attached hydrogen (secondary N) is 1. The van der Waals surface area contributed by atoms with Gasteiger partial charge in [0.05, 0.1) is 10.9 Å². The van der Waals surface area contributed by atoms with Gasteiger partial charge in [0, 0.05) is 30.7 Å². The highest BCUT2D eigenvalue weighted by Crippen LogP contribution is 2.25. The van der Waals surface area contributed by atoms with Crippen molar-refractivity contribution in [2.45, 2.75) is 38.1 Å². The maximum Gasteiger partial charge on any atom is 0.251 e. The third-order valence-corrected chi connectivity index (χ3v) is 6.75. The zero-order valence-electron chi connectivity index (χ0n) is 15.7. The normalized spacial score (nSPS) is 13.2. The molecule has 26 heavy (non-hydrogen) atoms. The lowest BCUT2D eigenvalue weighted by Gasteiger charge is -2.19. The Morgan fingerprint density at radius 1 is 1.23 bits per heavy atom. The summed E-state index contributed by atoms with van der Waals surface area (Å²) in [5.41, 5.74) is 1.36. The third-order valence-electron chi connectivity index (χ3n) is 3.84. The summed E-state index contributed by atoms with van der Waals surface area (Å²) in [5, 5.41) is 5.88. The van der Waals surface area contributed by atoms with Crippen molar-refractivity contribution in [2.75, 3.05) is 14.1 Å². The van der Waals surface area contributed by atoms with Crippen LogP contribution < -0.4 is 5.32 Å². The molecule has 0 radical (unpaired) electrons. The molecule has 1 unspecified atom stereocenters. The molecule has 6 nitrogen and oxygen atoms in total. The lowest BCUT2D eigenvalue weighted by Crippen LogP contribution is -2.29. The largest absolute Gasteiger partial charge is 0.343 e. The van der Waals surface area contributed by atoms with Crippen molar-refractivity contribution >= 4 is 27.3 Å². The molecule has 1 aromatic carbocycles. The van der Waals surface area contributed by atoms with Gasteiger partial charge in [-0.1, -0.05) is 13.8 Å². The molecule has 0 aliphatic carbocycles. The fourth-order valence-corrected chi connectivity index (χ4v) is 4.22. The lowest BCUT2D eigenvalue weighted by atomic mass is 10.0. The van der Waals surface area contributed by atoms with E-state index in [4.69, 9.17) is 0 Å². The molecule has 0 aliphatic heterocycles. The highest BCUT2D eigenvalue weighted by molar-refractivity contribution is 7.89. The number of hydrogen-bond acceptors (Lipinski definition) is 5. The minimum absolute atomic E-state index is 0.160. The summed E-state index contributed by atoms with van der Waals surface area (Å²) in [4.78, 5) is 17.3. The fourth-order valence-electron chi connectivity index (χ4n) is 2.46. The predicted molar refractivity (Wildman–Crippen MR) is 104 cm³/mol. The van der Waals surface area contributed by atoms with Gasteiger partial charge < -0.3 is 5.32 Å². The van der Waals surface area contributed by atoms with Gasteiger partial charge in [0.25, 0.3) is 5.91 Å². The zero-order valence-corrected chi connectivity index (χ0v) is 17.3. The highest BCUT2D eigenvalue weighted by Gasteiger charge is 2.21. The summed E-state index contributed by atoms with van der Waals surface area (Å²) in [5.74, 6) is 0.162. The number of carbonyl (C=O) groups is 1. The minimum Gasteiger partial charge on any atom is -0.343 e. The molecule has 2 aromatic rings. The van der Waals surface area contributed by atoms with E-state index < -0.39 is 10.0 Å². The molecule has 0 bridgehead atoms. The second-order valence-electron chi connectivity index (χ2n) is 6.79. The number of nitrogens with zero attached hydrogens (tertiary/aromatic N) is 2. The van der Waals surface area contributed by atoms with Gasteiger partial charge in [0.2, 0.25) is 10.0 Å². The summed E-state index contributed by atoms with van der Waals surface area (Å²) < 4.78 is 25.4. The van der Waals surface area contributed by atoms with E-state index in [2.05, 4.69) is 24.1 Å². The quantitative estimate of drug-likeness (QED) is 0.781. The van der Waals surface area contributed by atoms with E-state index >= 15 is 0 Å². The van der Waals surface area contributed by atoms with E-state index in [-0.39, 0.29) is 16.8 Å². The Morgan fingerprint density at radius 2 is 1.85 bits per heavy atom. The predicted octanol–water partition coefficient (Wildman–Crippen LogP) is 3.22. The number of aromatic nitrogens is 1. The van der Waals surface area contributed by atoms with Gasteiger partial charge in [-0.05, 0) is 43.5 Å². The Labute approximate surface area is 159 Å². The summed E-state index contributed by atoms with van der Waals surface area (Å²) in [6.45, 7) is 6.12. The van der Waals surface area contributed by atoms with Crippen LogP contribution in [0.25, 0.3) is 0 Å². The number of amides is 1. The van der Waals surface area contributed by atoms with Crippen molar-refractivity contribution in [3.8, 4) is 0 Å². The number of thiazole rings is 1. The molecule has 1 N–H and O–H groups in total. The van der Waals surface area contributed by atoms with Crippen LogP contribution in [-0.4, -0.2) is 37.7 Å². The van der Waals surface area contributed by atoms with Gasteiger partial charge in [-0.15, -0.1) is 11.3 Å². The van der Waals surface area contributed by atoms with Crippen molar-refractivity contribution in [2.24, 2.45) is 5.92 Å². The molecule has 1 heterocycles. The molecule has 2 rings (SSSR count). The summed E-state index contributed by atoms with van der Waals surface area (Å²) in [7, 11) is -0.556. The Morgan fingerprint density at radius 3 is 2.31 bits per heavy atom. The highest BCUT2D eigenvalue weighted by atomic mass is 32.2. The van der Waals surface area contributed by atoms with Crippen molar-refractivity contribution in [1.82, 2.24) is 14.6 Å². The molecular weight excluding hydrogens is 370 g/mol. The number of sulfonamides is 1. The molecule has 8 heteroatoms. The number of aryl methyl sites for hydroxylation is 1. The van der Waals surface area contributed by atoms with Crippen molar-refractivity contribution in [3.05, 3.63) is 45.9 Å². The first-order valence-corrected chi connectivity index (χ1v) is 10.7.